The lowest BCUT2D eigenvalue weighted by atomic mass is 9.87. The van der Waals surface area contributed by atoms with Gasteiger partial charge in [-0.3, -0.25) is 9.59 Å². The molecule has 0 saturated heterocycles. The van der Waals surface area contributed by atoms with Crippen LogP contribution in [0.1, 0.15) is 29.5 Å². The molecule has 0 N–H and O–H groups in total. The maximum atomic E-state index is 12.9. The van der Waals surface area contributed by atoms with Crippen LogP contribution in [0.3, 0.4) is 0 Å². The third kappa shape index (κ3) is 4.11. The number of benzene rings is 2. The summed E-state index contributed by atoms with van der Waals surface area (Å²) in [6.07, 6.45) is -4.81. The van der Waals surface area contributed by atoms with Crippen LogP contribution >= 0.6 is 15.9 Å². The SMILES string of the molecule is CC1=C(c2ccc(OC(F)(F)F)cc2)OC(=O)C(c2ccc(C)cc2Br)C1=O. The van der Waals surface area contributed by atoms with E-state index in [0.717, 1.165) is 17.7 Å². The van der Waals surface area contributed by atoms with Gasteiger partial charge < -0.3 is 9.47 Å². The summed E-state index contributed by atoms with van der Waals surface area (Å²) in [5, 5.41) is 0. The molecule has 8 heteroatoms. The van der Waals surface area contributed by atoms with Gasteiger partial charge in [0, 0.05) is 15.6 Å². The summed E-state index contributed by atoms with van der Waals surface area (Å²) in [7, 11) is 0. The first-order valence-corrected chi connectivity index (χ1v) is 8.95. The van der Waals surface area contributed by atoms with E-state index in [4.69, 9.17) is 4.74 Å². The molecule has 4 nitrogen and oxygen atoms in total. The van der Waals surface area contributed by atoms with Gasteiger partial charge in [-0.25, -0.2) is 0 Å². The van der Waals surface area contributed by atoms with E-state index in [0.29, 0.717) is 15.6 Å². The van der Waals surface area contributed by atoms with Crippen LogP contribution in [0.15, 0.2) is 52.5 Å². The number of hydrogen-bond donors (Lipinski definition) is 0. The number of cyclic esters (lactones) is 1. The molecule has 0 fully saturated rings. The summed E-state index contributed by atoms with van der Waals surface area (Å²) in [5.41, 5.74) is 1.96. The number of halogens is 4. The Hall–Kier alpha value is -2.61. The lowest BCUT2D eigenvalue weighted by molar-refractivity contribution is -0.274. The highest BCUT2D eigenvalue weighted by Crippen LogP contribution is 2.37. The zero-order valence-corrected chi connectivity index (χ0v) is 16.3. The van der Waals surface area contributed by atoms with E-state index in [1.165, 1.54) is 19.1 Å². The van der Waals surface area contributed by atoms with Crippen molar-refractivity contribution in [2.45, 2.75) is 26.1 Å². The van der Waals surface area contributed by atoms with Crippen molar-refractivity contribution in [3.05, 3.63) is 69.2 Å². The number of aryl methyl sites for hydroxylation is 1. The van der Waals surface area contributed by atoms with Crippen LogP contribution in [0.5, 0.6) is 5.75 Å². The maximum Gasteiger partial charge on any atom is 0.573 e. The van der Waals surface area contributed by atoms with Gasteiger partial charge in [0.2, 0.25) is 0 Å². The average molecular weight is 455 g/mol. The van der Waals surface area contributed by atoms with Crippen LogP contribution in [-0.2, 0) is 14.3 Å². The molecule has 28 heavy (non-hydrogen) atoms. The van der Waals surface area contributed by atoms with E-state index in [-0.39, 0.29) is 11.3 Å². The molecule has 0 aliphatic carbocycles. The normalized spacial score (nSPS) is 17.6. The second-order valence-electron chi connectivity index (χ2n) is 6.27. The molecule has 1 aliphatic rings. The quantitative estimate of drug-likeness (QED) is 0.466. The van der Waals surface area contributed by atoms with Crippen molar-refractivity contribution < 1.29 is 32.2 Å². The van der Waals surface area contributed by atoms with E-state index in [1.807, 2.05) is 6.92 Å². The lowest BCUT2D eigenvalue weighted by Gasteiger charge is -2.24. The number of Topliss-reactive ketones (excluding diaryl/α,β-unsaturated/α-hetero) is 1. The number of carbonyl (C=O) groups is 2. The lowest BCUT2D eigenvalue weighted by Crippen LogP contribution is -2.30. The summed E-state index contributed by atoms with van der Waals surface area (Å²) < 4.78 is 46.6. The Kier molecular flexibility index (Phi) is 5.34. The monoisotopic (exact) mass is 454 g/mol. The first kappa shape index (κ1) is 20.1. The van der Waals surface area contributed by atoms with Gasteiger partial charge in [0.15, 0.2) is 5.78 Å². The van der Waals surface area contributed by atoms with Crippen LogP contribution in [0.2, 0.25) is 0 Å². The van der Waals surface area contributed by atoms with E-state index in [2.05, 4.69) is 20.7 Å². The molecule has 1 unspecified atom stereocenters. The third-order valence-corrected chi connectivity index (χ3v) is 4.91. The minimum atomic E-state index is -4.81. The van der Waals surface area contributed by atoms with Gasteiger partial charge in [0.1, 0.15) is 17.4 Å². The largest absolute Gasteiger partial charge is 0.573 e. The Morgan fingerprint density at radius 2 is 1.68 bits per heavy atom. The highest BCUT2D eigenvalue weighted by atomic mass is 79.9. The average Bonchev–Trinajstić information content (AvgIpc) is 2.59. The molecular weight excluding hydrogens is 441 g/mol. The van der Waals surface area contributed by atoms with Gasteiger partial charge in [-0.05, 0) is 55.3 Å². The molecule has 146 valence electrons. The first-order valence-electron chi connectivity index (χ1n) is 8.16. The minimum Gasteiger partial charge on any atom is -0.425 e. The second-order valence-corrected chi connectivity index (χ2v) is 7.12. The molecule has 2 aromatic rings. The fraction of sp³-hybridized carbons (Fsp3) is 0.200. The van der Waals surface area contributed by atoms with E-state index in [9.17, 15) is 22.8 Å². The molecule has 0 aromatic heterocycles. The molecule has 0 saturated carbocycles. The highest BCUT2D eigenvalue weighted by molar-refractivity contribution is 9.10. The molecular formula is C20H14BrF3O4. The summed E-state index contributed by atoms with van der Waals surface area (Å²) in [6.45, 7) is 3.39. The predicted octanol–water partition coefficient (Wildman–Crippen LogP) is 5.30. The Balaban J connectivity index is 1.93. The summed E-state index contributed by atoms with van der Waals surface area (Å²) >= 11 is 3.37. The molecule has 0 bridgehead atoms. The van der Waals surface area contributed by atoms with Gasteiger partial charge in [-0.2, -0.15) is 0 Å². The molecule has 1 atom stereocenters. The fourth-order valence-corrected chi connectivity index (χ4v) is 3.61. The standard InChI is InChI=1S/C20H14BrF3O4/c1-10-3-8-14(15(21)9-10)16-17(25)11(2)18(27-19(16)26)12-4-6-13(7-5-12)28-20(22,23)24/h3-9,16H,1-2H3. The minimum absolute atomic E-state index is 0.0213. The van der Waals surface area contributed by atoms with Crippen LogP contribution in [0.25, 0.3) is 5.76 Å². The van der Waals surface area contributed by atoms with Crippen molar-refractivity contribution in [3.8, 4) is 5.75 Å². The van der Waals surface area contributed by atoms with Crippen molar-refractivity contribution >= 4 is 33.4 Å². The van der Waals surface area contributed by atoms with E-state index in [1.54, 1.807) is 18.2 Å². The zero-order chi connectivity index (χ0) is 20.6. The Bertz CT molecular complexity index is 978. The number of rotatable bonds is 3. The molecule has 1 aliphatic heterocycles. The van der Waals surface area contributed by atoms with Gasteiger partial charge >= 0.3 is 12.3 Å². The molecule has 0 spiro atoms. The van der Waals surface area contributed by atoms with Crippen molar-refractivity contribution in [1.82, 2.24) is 0 Å². The molecule has 0 amide bonds. The zero-order valence-electron chi connectivity index (χ0n) is 14.8. The number of ether oxygens (including phenoxy) is 2. The molecule has 3 rings (SSSR count). The Morgan fingerprint density at radius 3 is 2.25 bits per heavy atom. The van der Waals surface area contributed by atoms with Gasteiger partial charge in [-0.1, -0.05) is 28.1 Å². The number of ketones is 1. The van der Waals surface area contributed by atoms with Gasteiger partial charge in [0.05, 0.1) is 0 Å². The number of hydrogen-bond acceptors (Lipinski definition) is 4. The topological polar surface area (TPSA) is 52.6 Å². The molecule has 0 radical (unpaired) electrons. The Labute approximate surface area is 167 Å². The molecule has 2 aromatic carbocycles. The maximum absolute atomic E-state index is 12.9. The Morgan fingerprint density at radius 1 is 1.04 bits per heavy atom. The van der Waals surface area contributed by atoms with Gasteiger partial charge in [-0.15, -0.1) is 13.2 Å². The van der Waals surface area contributed by atoms with Crippen LogP contribution in [0.4, 0.5) is 13.2 Å². The second kappa shape index (κ2) is 7.43. The fourth-order valence-electron chi connectivity index (χ4n) is 2.89. The van der Waals surface area contributed by atoms with Crippen molar-refractivity contribution in [1.29, 1.82) is 0 Å². The highest BCUT2D eigenvalue weighted by Gasteiger charge is 2.39. The summed E-state index contributed by atoms with van der Waals surface area (Å²) in [5.74, 6) is -2.67. The number of carbonyl (C=O) groups excluding carboxylic acids is 2. The van der Waals surface area contributed by atoms with E-state index < -0.39 is 29.8 Å². The third-order valence-electron chi connectivity index (χ3n) is 4.23. The summed E-state index contributed by atoms with van der Waals surface area (Å²) in [4.78, 5) is 25.4. The molecule has 1 heterocycles. The summed E-state index contributed by atoms with van der Waals surface area (Å²) in [6, 6.07) is 10.0. The van der Waals surface area contributed by atoms with Gasteiger partial charge in [0.25, 0.3) is 0 Å². The van der Waals surface area contributed by atoms with Crippen molar-refractivity contribution in [3.63, 3.8) is 0 Å². The van der Waals surface area contributed by atoms with Crippen LogP contribution in [-0.4, -0.2) is 18.1 Å². The van der Waals surface area contributed by atoms with Crippen molar-refractivity contribution in [2.75, 3.05) is 0 Å². The number of esters is 1. The van der Waals surface area contributed by atoms with Crippen molar-refractivity contribution in [2.24, 2.45) is 0 Å². The number of alkyl halides is 3. The van der Waals surface area contributed by atoms with E-state index >= 15 is 0 Å². The first-order chi connectivity index (χ1) is 13.1. The number of allylic oxidation sites excluding steroid dienone is 1. The smallest absolute Gasteiger partial charge is 0.425 e. The predicted molar refractivity (Wildman–Crippen MR) is 98.4 cm³/mol. The van der Waals surface area contributed by atoms with Crippen LogP contribution < -0.4 is 4.74 Å². The van der Waals surface area contributed by atoms with Crippen LogP contribution in [0, 0.1) is 6.92 Å².